The van der Waals surface area contributed by atoms with Gasteiger partial charge in [0.05, 0.1) is 6.61 Å². The third kappa shape index (κ3) is 10.4. The molecule has 0 amide bonds. The molecule has 0 aliphatic carbocycles. The number of hydrogen-bond donors (Lipinski definition) is 0. The van der Waals surface area contributed by atoms with Crippen molar-refractivity contribution >= 4 is 5.97 Å². The molecule has 3 nitrogen and oxygen atoms in total. The monoisotopic (exact) mass is 181 g/mol. The molecular formula is C8H16NNaO2. The molecule has 0 unspecified atom stereocenters. The molecule has 4 heteroatoms. The van der Waals surface area contributed by atoms with Gasteiger partial charge in [-0.15, -0.1) is 6.54 Å². The number of ether oxygens (including phenoxy) is 1. The maximum atomic E-state index is 10.7. The molecule has 0 bridgehead atoms. The fourth-order valence-electron chi connectivity index (χ4n) is 0.712. The molecule has 0 saturated carbocycles. The zero-order valence-electron chi connectivity index (χ0n) is 8.06. The van der Waals surface area contributed by atoms with E-state index < -0.39 is 0 Å². The fraction of sp³-hybridized carbons (Fsp3) is 0.875. The van der Waals surface area contributed by atoms with E-state index >= 15 is 0 Å². The molecule has 12 heavy (non-hydrogen) atoms. The number of esters is 1. The molecule has 0 spiro atoms. The van der Waals surface area contributed by atoms with Crippen molar-refractivity contribution in [1.82, 2.24) is 0 Å². The molecule has 0 fully saturated rings. The molecule has 0 aromatic rings. The van der Waals surface area contributed by atoms with Crippen LogP contribution in [0.25, 0.3) is 5.73 Å². The fourth-order valence-corrected chi connectivity index (χ4v) is 0.712. The van der Waals surface area contributed by atoms with Gasteiger partial charge >= 0.3 is 35.5 Å². The Balaban J connectivity index is 0. The van der Waals surface area contributed by atoms with E-state index in [9.17, 15) is 4.79 Å². The summed E-state index contributed by atoms with van der Waals surface area (Å²) in [7, 11) is 0. The molecule has 0 aliphatic heterocycles. The molecule has 0 rings (SSSR count). The van der Waals surface area contributed by atoms with Crippen LogP contribution in [0.3, 0.4) is 0 Å². The van der Waals surface area contributed by atoms with E-state index in [1.807, 2.05) is 0 Å². The van der Waals surface area contributed by atoms with Crippen molar-refractivity contribution in [3.8, 4) is 0 Å². The molecule has 0 aromatic heterocycles. The Labute approximate surface area is 96.3 Å². The van der Waals surface area contributed by atoms with Crippen molar-refractivity contribution < 1.29 is 39.1 Å². The maximum absolute atomic E-state index is 10.7. The molecule has 0 saturated heterocycles. The molecule has 0 atom stereocenters. The first-order valence-corrected chi connectivity index (χ1v) is 4.11. The quantitative estimate of drug-likeness (QED) is 0.305. The second-order valence-corrected chi connectivity index (χ2v) is 2.43. The topological polar surface area (TPSA) is 50.1 Å². The Morgan fingerprint density at radius 2 is 2.08 bits per heavy atom. The van der Waals surface area contributed by atoms with Crippen LogP contribution in [0.4, 0.5) is 0 Å². The van der Waals surface area contributed by atoms with Crippen molar-refractivity contribution in [2.45, 2.75) is 32.6 Å². The van der Waals surface area contributed by atoms with E-state index in [0.717, 1.165) is 19.3 Å². The second-order valence-electron chi connectivity index (χ2n) is 2.43. The van der Waals surface area contributed by atoms with Gasteiger partial charge in [-0.2, -0.15) is 0 Å². The smallest absolute Gasteiger partial charge is 0.677 e. The SMILES string of the molecule is CCCCCOC(=O)CC[NH-].[Na+]. The third-order valence-corrected chi connectivity index (χ3v) is 1.34. The van der Waals surface area contributed by atoms with Crippen LogP contribution in [0, 0.1) is 0 Å². The van der Waals surface area contributed by atoms with Crippen LogP contribution in [0.5, 0.6) is 0 Å². The maximum Gasteiger partial charge on any atom is 1.00 e. The van der Waals surface area contributed by atoms with Crippen LogP contribution in [0.15, 0.2) is 0 Å². The summed E-state index contributed by atoms with van der Waals surface area (Å²) in [5, 5.41) is 0. The zero-order chi connectivity index (χ0) is 8.53. The van der Waals surface area contributed by atoms with Crippen molar-refractivity contribution in [2.24, 2.45) is 0 Å². The molecule has 0 heterocycles. The van der Waals surface area contributed by atoms with Crippen molar-refractivity contribution in [1.29, 1.82) is 0 Å². The predicted octanol–water partition coefficient (Wildman–Crippen LogP) is -0.834. The summed E-state index contributed by atoms with van der Waals surface area (Å²) >= 11 is 0. The summed E-state index contributed by atoms with van der Waals surface area (Å²) in [5.41, 5.74) is 6.75. The van der Waals surface area contributed by atoms with E-state index in [0.29, 0.717) is 6.61 Å². The Bertz CT molecular complexity index is 109. The summed E-state index contributed by atoms with van der Waals surface area (Å²) in [6.45, 7) is 2.75. The van der Waals surface area contributed by atoms with Gasteiger partial charge in [0.15, 0.2) is 0 Å². The standard InChI is InChI=1S/C8H16NO2.Na/c1-2-3-4-7-11-8(10)5-6-9;/h9H,2-7H2,1H3;/q-1;+1. The minimum atomic E-state index is -0.240. The van der Waals surface area contributed by atoms with Gasteiger partial charge < -0.3 is 10.5 Å². The molecule has 0 radical (unpaired) electrons. The van der Waals surface area contributed by atoms with E-state index in [1.165, 1.54) is 0 Å². The minimum Gasteiger partial charge on any atom is -0.677 e. The summed E-state index contributed by atoms with van der Waals surface area (Å²) in [6.07, 6.45) is 3.41. The Kier molecular flexibility index (Phi) is 14.2. The number of hydrogen-bond acceptors (Lipinski definition) is 2. The molecule has 66 valence electrons. The molecule has 0 aromatic carbocycles. The first kappa shape index (κ1) is 14.9. The Morgan fingerprint density at radius 1 is 1.42 bits per heavy atom. The third-order valence-electron chi connectivity index (χ3n) is 1.34. The summed E-state index contributed by atoms with van der Waals surface area (Å²) in [6, 6.07) is 0. The first-order chi connectivity index (χ1) is 5.31. The number of nitrogens with one attached hydrogen (secondary N) is 1. The summed E-state index contributed by atoms with van der Waals surface area (Å²) < 4.78 is 4.83. The van der Waals surface area contributed by atoms with Crippen LogP contribution in [0.2, 0.25) is 0 Å². The normalized spacial score (nSPS) is 8.83. The first-order valence-electron chi connectivity index (χ1n) is 4.11. The van der Waals surface area contributed by atoms with Gasteiger partial charge in [0, 0.05) is 6.42 Å². The van der Waals surface area contributed by atoms with Crippen molar-refractivity contribution in [2.75, 3.05) is 13.2 Å². The van der Waals surface area contributed by atoms with Crippen LogP contribution in [0.1, 0.15) is 32.6 Å². The van der Waals surface area contributed by atoms with Crippen LogP contribution < -0.4 is 29.6 Å². The molecular weight excluding hydrogens is 165 g/mol. The van der Waals surface area contributed by atoms with Crippen LogP contribution in [-0.4, -0.2) is 19.1 Å². The van der Waals surface area contributed by atoms with Gasteiger partial charge in [0.2, 0.25) is 0 Å². The Hall–Kier alpha value is 0.430. The number of rotatable bonds is 6. The molecule has 1 N–H and O–H groups in total. The van der Waals surface area contributed by atoms with Gasteiger partial charge in [-0.1, -0.05) is 19.8 Å². The summed E-state index contributed by atoms with van der Waals surface area (Å²) in [4.78, 5) is 10.7. The van der Waals surface area contributed by atoms with E-state index in [2.05, 4.69) is 6.92 Å². The number of carbonyl (C=O) groups is 1. The molecule has 0 aliphatic rings. The number of unbranched alkanes of at least 4 members (excludes halogenated alkanes) is 2. The van der Waals surface area contributed by atoms with E-state index in [1.54, 1.807) is 0 Å². The Morgan fingerprint density at radius 3 is 2.58 bits per heavy atom. The minimum absolute atomic E-state index is 0. The zero-order valence-corrected chi connectivity index (χ0v) is 10.1. The van der Waals surface area contributed by atoms with Crippen molar-refractivity contribution in [3.05, 3.63) is 5.73 Å². The van der Waals surface area contributed by atoms with Crippen LogP contribution >= 0.6 is 0 Å². The van der Waals surface area contributed by atoms with E-state index in [4.69, 9.17) is 10.5 Å². The average Bonchev–Trinajstić information content (AvgIpc) is 1.99. The van der Waals surface area contributed by atoms with Gasteiger partial charge in [0.1, 0.15) is 0 Å². The number of carbonyl (C=O) groups excluding carboxylic acids is 1. The van der Waals surface area contributed by atoms with Gasteiger partial charge in [-0.05, 0) is 6.42 Å². The van der Waals surface area contributed by atoms with E-state index in [-0.39, 0.29) is 48.5 Å². The van der Waals surface area contributed by atoms with Crippen LogP contribution in [-0.2, 0) is 9.53 Å². The second kappa shape index (κ2) is 11.4. The predicted molar refractivity (Wildman–Crippen MR) is 44.3 cm³/mol. The van der Waals surface area contributed by atoms with Gasteiger partial charge in [-0.25, -0.2) is 0 Å². The van der Waals surface area contributed by atoms with Crippen molar-refractivity contribution in [3.63, 3.8) is 0 Å². The average molecular weight is 181 g/mol. The van der Waals surface area contributed by atoms with Gasteiger partial charge in [-0.3, -0.25) is 4.79 Å². The van der Waals surface area contributed by atoms with Gasteiger partial charge in [0.25, 0.3) is 0 Å². The largest absolute Gasteiger partial charge is 1.00 e. The summed E-state index contributed by atoms with van der Waals surface area (Å²) in [5.74, 6) is -0.240.